The van der Waals surface area contributed by atoms with Gasteiger partial charge in [-0.1, -0.05) is 48.5 Å². The van der Waals surface area contributed by atoms with Crippen molar-refractivity contribution < 1.29 is 9.59 Å². The molecule has 1 aliphatic heterocycles. The van der Waals surface area contributed by atoms with E-state index in [0.29, 0.717) is 0 Å². The van der Waals surface area contributed by atoms with Crippen LogP contribution < -0.4 is 10.6 Å². The normalized spacial score (nSPS) is 16.2. The van der Waals surface area contributed by atoms with E-state index in [-0.39, 0.29) is 23.8 Å². The standard InChI is InChI=1S/C25H27N3O2/c1-18(24(29)27-23-12-11-19-7-5-6-8-21(19)17-23)28-15-13-20(14-16-28)25(30)26-22-9-3-2-4-10-22/h2-12,17-18,20H,13-16H2,1H3,(H,26,30)(H,27,29)/t18-/m0/s1. The fourth-order valence-corrected chi connectivity index (χ4v) is 3.99. The van der Waals surface area contributed by atoms with Crippen LogP contribution in [0.15, 0.2) is 72.8 Å². The van der Waals surface area contributed by atoms with E-state index in [1.54, 1.807) is 0 Å². The van der Waals surface area contributed by atoms with Crippen LogP contribution in [0.25, 0.3) is 10.8 Å². The quantitative estimate of drug-likeness (QED) is 0.661. The smallest absolute Gasteiger partial charge is 0.241 e. The number of hydrogen-bond acceptors (Lipinski definition) is 3. The van der Waals surface area contributed by atoms with Crippen molar-refractivity contribution in [1.82, 2.24) is 4.90 Å². The molecule has 0 bridgehead atoms. The second-order valence-corrected chi connectivity index (χ2v) is 7.89. The van der Waals surface area contributed by atoms with Crippen molar-refractivity contribution in [1.29, 1.82) is 0 Å². The van der Waals surface area contributed by atoms with E-state index in [1.165, 1.54) is 0 Å². The Kier molecular flexibility index (Phi) is 6.10. The molecule has 0 spiro atoms. The molecule has 0 aromatic heterocycles. The van der Waals surface area contributed by atoms with Gasteiger partial charge >= 0.3 is 0 Å². The summed E-state index contributed by atoms with van der Waals surface area (Å²) in [4.78, 5) is 27.4. The molecule has 0 unspecified atom stereocenters. The maximum atomic E-state index is 12.8. The van der Waals surface area contributed by atoms with Gasteiger partial charge in [0.2, 0.25) is 11.8 Å². The largest absolute Gasteiger partial charge is 0.326 e. The Bertz CT molecular complexity index is 1030. The van der Waals surface area contributed by atoms with Crippen LogP contribution in [0.5, 0.6) is 0 Å². The Labute approximate surface area is 177 Å². The topological polar surface area (TPSA) is 61.4 Å². The minimum absolute atomic E-state index is 0.0162. The lowest BCUT2D eigenvalue weighted by molar-refractivity contribution is -0.123. The molecule has 154 valence electrons. The zero-order valence-corrected chi connectivity index (χ0v) is 17.2. The van der Waals surface area contributed by atoms with Crippen LogP contribution in [0, 0.1) is 5.92 Å². The summed E-state index contributed by atoms with van der Waals surface area (Å²) in [5, 5.41) is 8.28. The SMILES string of the molecule is C[C@@H](C(=O)Nc1ccc2ccccc2c1)N1CCC(C(=O)Nc2ccccc2)CC1. The maximum Gasteiger partial charge on any atom is 0.241 e. The van der Waals surface area contributed by atoms with Crippen LogP contribution in [0.1, 0.15) is 19.8 Å². The third-order valence-corrected chi connectivity index (χ3v) is 5.89. The average molecular weight is 402 g/mol. The van der Waals surface area contributed by atoms with Crippen LogP contribution >= 0.6 is 0 Å². The lowest BCUT2D eigenvalue weighted by Crippen LogP contribution is -2.47. The van der Waals surface area contributed by atoms with Crippen LogP contribution in [0.4, 0.5) is 11.4 Å². The monoisotopic (exact) mass is 401 g/mol. The van der Waals surface area contributed by atoms with Crippen molar-refractivity contribution in [3.8, 4) is 0 Å². The molecule has 2 N–H and O–H groups in total. The molecule has 5 heteroatoms. The molecule has 1 saturated heterocycles. The van der Waals surface area contributed by atoms with Gasteiger partial charge in [-0.05, 0) is 67.9 Å². The van der Waals surface area contributed by atoms with Gasteiger partial charge in [0.15, 0.2) is 0 Å². The highest BCUT2D eigenvalue weighted by molar-refractivity contribution is 5.97. The summed E-state index contributed by atoms with van der Waals surface area (Å²) in [5.41, 5.74) is 1.63. The number of nitrogens with zero attached hydrogens (tertiary/aromatic N) is 1. The number of hydrogen-bond donors (Lipinski definition) is 2. The number of benzene rings is 3. The van der Waals surface area contributed by atoms with E-state index >= 15 is 0 Å². The Morgan fingerprint density at radius 2 is 1.50 bits per heavy atom. The number of likely N-dealkylation sites (tertiary alicyclic amines) is 1. The first-order valence-electron chi connectivity index (χ1n) is 10.5. The van der Waals surface area contributed by atoms with E-state index in [2.05, 4.69) is 21.6 Å². The molecular weight excluding hydrogens is 374 g/mol. The summed E-state index contributed by atoms with van der Waals surface area (Å²) < 4.78 is 0. The van der Waals surface area contributed by atoms with Crippen molar-refractivity contribution in [2.24, 2.45) is 5.92 Å². The Hall–Kier alpha value is -3.18. The molecule has 30 heavy (non-hydrogen) atoms. The number of anilines is 2. The molecule has 0 saturated carbocycles. The van der Waals surface area contributed by atoms with Crippen LogP contribution in [0.2, 0.25) is 0 Å². The predicted octanol–water partition coefficient (Wildman–Crippen LogP) is 4.52. The Balaban J connectivity index is 1.30. The van der Waals surface area contributed by atoms with E-state index in [9.17, 15) is 9.59 Å². The van der Waals surface area contributed by atoms with Gasteiger partial charge in [0, 0.05) is 17.3 Å². The van der Waals surface area contributed by atoms with Gasteiger partial charge in [0.1, 0.15) is 0 Å². The van der Waals surface area contributed by atoms with Gasteiger partial charge in [-0.15, -0.1) is 0 Å². The molecule has 0 aliphatic carbocycles. The number of piperidine rings is 1. The van der Waals surface area contributed by atoms with Gasteiger partial charge < -0.3 is 10.6 Å². The second-order valence-electron chi connectivity index (χ2n) is 7.89. The second kappa shape index (κ2) is 9.09. The lowest BCUT2D eigenvalue weighted by atomic mass is 9.94. The number of carbonyl (C=O) groups excluding carboxylic acids is 2. The highest BCUT2D eigenvalue weighted by Gasteiger charge is 2.29. The van der Waals surface area contributed by atoms with Crippen LogP contribution in [0.3, 0.4) is 0 Å². The first kappa shape index (κ1) is 20.1. The molecular formula is C25H27N3O2. The molecule has 3 aromatic rings. The molecule has 1 aliphatic rings. The van der Waals surface area contributed by atoms with Crippen molar-refractivity contribution in [2.75, 3.05) is 23.7 Å². The molecule has 1 heterocycles. The van der Waals surface area contributed by atoms with E-state index in [4.69, 9.17) is 0 Å². The zero-order chi connectivity index (χ0) is 20.9. The van der Waals surface area contributed by atoms with Crippen molar-refractivity contribution >= 4 is 34.0 Å². The third-order valence-electron chi connectivity index (χ3n) is 5.89. The summed E-state index contributed by atoms with van der Waals surface area (Å²) in [6, 6.07) is 23.4. The predicted molar refractivity (Wildman–Crippen MR) is 121 cm³/mol. The Morgan fingerprint density at radius 3 is 2.23 bits per heavy atom. The highest BCUT2D eigenvalue weighted by Crippen LogP contribution is 2.23. The van der Waals surface area contributed by atoms with E-state index < -0.39 is 0 Å². The number of rotatable bonds is 5. The van der Waals surface area contributed by atoms with Gasteiger partial charge in [0.05, 0.1) is 6.04 Å². The fourth-order valence-electron chi connectivity index (χ4n) is 3.99. The molecule has 2 amide bonds. The van der Waals surface area contributed by atoms with Crippen LogP contribution in [-0.4, -0.2) is 35.8 Å². The Morgan fingerprint density at radius 1 is 0.833 bits per heavy atom. The van der Waals surface area contributed by atoms with Crippen LogP contribution in [-0.2, 0) is 9.59 Å². The maximum absolute atomic E-state index is 12.8. The van der Waals surface area contributed by atoms with Gasteiger partial charge in [-0.25, -0.2) is 0 Å². The summed E-state index contributed by atoms with van der Waals surface area (Å²) in [7, 11) is 0. The van der Waals surface area contributed by atoms with E-state index in [1.807, 2.05) is 73.7 Å². The number of nitrogens with one attached hydrogen (secondary N) is 2. The van der Waals surface area contributed by atoms with E-state index in [0.717, 1.165) is 48.1 Å². The number of fused-ring (bicyclic) bond motifs is 1. The zero-order valence-electron chi connectivity index (χ0n) is 17.2. The molecule has 3 aromatic carbocycles. The molecule has 5 nitrogen and oxygen atoms in total. The van der Waals surface area contributed by atoms with Gasteiger partial charge in [-0.3, -0.25) is 14.5 Å². The minimum atomic E-state index is -0.241. The lowest BCUT2D eigenvalue weighted by Gasteiger charge is -2.34. The molecule has 4 rings (SSSR count). The van der Waals surface area contributed by atoms with Gasteiger partial charge in [0.25, 0.3) is 0 Å². The fraction of sp³-hybridized carbons (Fsp3) is 0.280. The summed E-state index contributed by atoms with van der Waals surface area (Å²) in [6.07, 6.45) is 1.51. The summed E-state index contributed by atoms with van der Waals surface area (Å²) in [6.45, 7) is 3.40. The molecule has 0 radical (unpaired) electrons. The minimum Gasteiger partial charge on any atom is -0.326 e. The average Bonchev–Trinajstić information content (AvgIpc) is 2.79. The first-order valence-corrected chi connectivity index (χ1v) is 10.5. The summed E-state index contributed by atoms with van der Waals surface area (Å²) >= 11 is 0. The first-order chi connectivity index (χ1) is 14.6. The summed E-state index contributed by atoms with van der Waals surface area (Å²) in [5.74, 6) is 0.0313. The third kappa shape index (κ3) is 4.69. The number of carbonyl (C=O) groups is 2. The molecule has 1 atom stereocenters. The molecule has 1 fully saturated rings. The van der Waals surface area contributed by atoms with Crippen molar-refractivity contribution in [3.63, 3.8) is 0 Å². The van der Waals surface area contributed by atoms with Crippen molar-refractivity contribution in [2.45, 2.75) is 25.8 Å². The number of para-hydroxylation sites is 1. The highest BCUT2D eigenvalue weighted by atomic mass is 16.2. The number of amides is 2. The van der Waals surface area contributed by atoms with Crippen molar-refractivity contribution in [3.05, 3.63) is 72.8 Å². The van der Waals surface area contributed by atoms with Gasteiger partial charge in [-0.2, -0.15) is 0 Å².